The van der Waals surface area contributed by atoms with Gasteiger partial charge in [-0.3, -0.25) is 4.79 Å². The van der Waals surface area contributed by atoms with E-state index >= 15 is 0 Å². The molecular weight excluding hydrogens is 354 g/mol. The van der Waals surface area contributed by atoms with Gasteiger partial charge in [0.25, 0.3) is 5.91 Å². The van der Waals surface area contributed by atoms with Crippen LogP contribution in [-0.2, 0) is 4.74 Å². The standard InChI is InChI=1S/C19H22ClN3O3/c1-4-5-10-23(2)18(24)14-7-9-17(21-12-14)22-16-11-13(19(25)26-3)6-8-15(16)20/h6-9,11-12H,4-5,10H2,1-3H3,(H,21,22). The van der Waals surface area contributed by atoms with Crippen LogP contribution in [0.25, 0.3) is 0 Å². The number of nitrogens with one attached hydrogen (secondary N) is 1. The van der Waals surface area contributed by atoms with Crippen molar-refractivity contribution < 1.29 is 14.3 Å². The molecule has 26 heavy (non-hydrogen) atoms. The zero-order valence-electron chi connectivity index (χ0n) is 15.1. The topological polar surface area (TPSA) is 71.5 Å². The fourth-order valence-corrected chi connectivity index (χ4v) is 2.48. The van der Waals surface area contributed by atoms with Crippen molar-refractivity contribution in [3.05, 3.63) is 52.7 Å². The molecule has 0 unspecified atom stereocenters. The Morgan fingerprint density at radius 1 is 1.23 bits per heavy atom. The lowest BCUT2D eigenvalue weighted by Crippen LogP contribution is -2.27. The number of ether oxygens (including phenoxy) is 1. The number of nitrogens with zero attached hydrogens (tertiary/aromatic N) is 2. The smallest absolute Gasteiger partial charge is 0.337 e. The molecule has 138 valence electrons. The number of amides is 1. The monoisotopic (exact) mass is 375 g/mol. The first kappa shape index (κ1) is 19.7. The molecule has 2 aromatic rings. The number of pyridine rings is 1. The molecule has 0 aliphatic rings. The second-order valence-corrected chi connectivity index (χ2v) is 6.23. The van der Waals surface area contributed by atoms with Crippen molar-refractivity contribution in [1.29, 1.82) is 0 Å². The summed E-state index contributed by atoms with van der Waals surface area (Å²) in [6, 6.07) is 8.19. The van der Waals surface area contributed by atoms with Gasteiger partial charge in [0.2, 0.25) is 0 Å². The van der Waals surface area contributed by atoms with Crippen molar-refractivity contribution in [3.8, 4) is 0 Å². The largest absolute Gasteiger partial charge is 0.465 e. The molecule has 0 aliphatic carbocycles. The first-order valence-electron chi connectivity index (χ1n) is 8.32. The molecular formula is C19H22ClN3O3. The lowest BCUT2D eigenvalue weighted by molar-refractivity contribution is 0.0600. The first-order chi connectivity index (χ1) is 12.5. The van der Waals surface area contributed by atoms with E-state index in [4.69, 9.17) is 16.3 Å². The van der Waals surface area contributed by atoms with Crippen LogP contribution < -0.4 is 5.32 Å². The van der Waals surface area contributed by atoms with Gasteiger partial charge in [0, 0.05) is 19.8 Å². The summed E-state index contributed by atoms with van der Waals surface area (Å²) in [6.45, 7) is 2.80. The first-order valence-corrected chi connectivity index (χ1v) is 8.70. The van der Waals surface area contributed by atoms with Crippen molar-refractivity contribution in [3.63, 3.8) is 0 Å². The Labute approximate surface area is 158 Å². The third-order valence-electron chi connectivity index (χ3n) is 3.85. The van der Waals surface area contributed by atoms with E-state index in [1.807, 2.05) is 0 Å². The summed E-state index contributed by atoms with van der Waals surface area (Å²) in [5.41, 5.74) is 1.42. The van der Waals surface area contributed by atoms with Gasteiger partial charge in [-0.15, -0.1) is 0 Å². The van der Waals surface area contributed by atoms with Gasteiger partial charge in [0.1, 0.15) is 5.82 Å². The van der Waals surface area contributed by atoms with Gasteiger partial charge in [-0.05, 0) is 36.8 Å². The van der Waals surface area contributed by atoms with Crippen LogP contribution in [0.1, 0.15) is 40.5 Å². The van der Waals surface area contributed by atoms with E-state index < -0.39 is 5.97 Å². The summed E-state index contributed by atoms with van der Waals surface area (Å²) in [5.74, 6) is -0.00126. The van der Waals surface area contributed by atoms with Crippen LogP contribution in [0.5, 0.6) is 0 Å². The summed E-state index contributed by atoms with van der Waals surface area (Å²) in [4.78, 5) is 29.9. The van der Waals surface area contributed by atoms with Crippen LogP contribution in [0.4, 0.5) is 11.5 Å². The average Bonchev–Trinajstić information content (AvgIpc) is 2.67. The van der Waals surface area contributed by atoms with E-state index in [1.54, 1.807) is 42.3 Å². The normalized spacial score (nSPS) is 10.3. The highest BCUT2D eigenvalue weighted by atomic mass is 35.5. The number of carbonyl (C=O) groups is 2. The Kier molecular flexibility index (Phi) is 6.97. The van der Waals surface area contributed by atoms with Crippen molar-refractivity contribution >= 4 is 35.0 Å². The molecule has 2 rings (SSSR count). The average molecular weight is 376 g/mol. The zero-order valence-corrected chi connectivity index (χ0v) is 15.8. The number of carbonyl (C=O) groups excluding carboxylic acids is 2. The number of esters is 1. The summed E-state index contributed by atoms with van der Waals surface area (Å²) in [7, 11) is 3.10. The molecule has 0 aliphatic heterocycles. The molecule has 0 saturated carbocycles. The molecule has 1 aromatic heterocycles. The maximum Gasteiger partial charge on any atom is 0.337 e. The zero-order chi connectivity index (χ0) is 19.1. The highest BCUT2D eigenvalue weighted by Gasteiger charge is 2.13. The van der Waals surface area contributed by atoms with E-state index in [0.29, 0.717) is 34.2 Å². The number of aromatic nitrogens is 1. The minimum atomic E-state index is -0.450. The molecule has 0 fully saturated rings. The lowest BCUT2D eigenvalue weighted by atomic mass is 10.2. The number of anilines is 2. The minimum absolute atomic E-state index is 0.0665. The van der Waals surface area contributed by atoms with Crippen molar-refractivity contribution in [2.24, 2.45) is 0 Å². The predicted octanol–water partition coefficient (Wildman–Crippen LogP) is 4.14. The van der Waals surface area contributed by atoms with Gasteiger partial charge in [0.15, 0.2) is 0 Å². The van der Waals surface area contributed by atoms with Gasteiger partial charge in [0.05, 0.1) is 28.9 Å². The van der Waals surface area contributed by atoms with Gasteiger partial charge < -0.3 is 15.0 Å². The highest BCUT2D eigenvalue weighted by Crippen LogP contribution is 2.26. The van der Waals surface area contributed by atoms with Crippen molar-refractivity contribution in [2.75, 3.05) is 26.0 Å². The quantitative estimate of drug-likeness (QED) is 0.736. The molecule has 1 heterocycles. The van der Waals surface area contributed by atoms with Crippen LogP contribution >= 0.6 is 11.6 Å². The second kappa shape index (κ2) is 9.20. The summed E-state index contributed by atoms with van der Waals surface area (Å²) >= 11 is 6.16. The number of hydrogen-bond acceptors (Lipinski definition) is 5. The van der Waals surface area contributed by atoms with E-state index in [-0.39, 0.29) is 5.91 Å². The van der Waals surface area contributed by atoms with Gasteiger partial charge in [-0.2, -0.15) is 0 Å². The van der Waals surface area contributed by atoms with Crippen LogP contribution in [-0.4, -0.2) is 42.5 Å². The molecule has 6 nitrogen and oxygen atoms in total. The third kappa shape index (κ3) is 4.95. The molecule has 1 amide bonds. The summed E-state index contributed by atoms with van der Waals surface area (Å²) in [5, 5.41) is 3.49. The Hall–Kier alpha value is -2.60. The number of rotatable bonds is 7. The molecule has 0 saturated heterocycles. The van der Waals surface area contributed by atoms with Crippen LogP contribution in [0.3, 0.4) is 0 Å². The number of unbranched alkanes of at least 4 members (excludes halogenated alkanes) is 1. The Morgan fingerprint density at radius 3 is 2.58 bits per heavy atom. The van der Waals surface area contributed by atoms with E-state index in [2.05, 4.69) is 17.2 Å². The Balaban J connectivity index is 2.12. The number of hydrogen-bond donors (Lipinski definition) is 1. The van der Waals surface area contributed by atoms with Gasteiger partial charge in [-0.25, -0.2) is 9.78 Å². The molecule has 7 heteroatoms. The SMILES string of the molecule is CCCCN(C)C(=O)c1ccc(Nc2cc(C(=O)OC)ccc2Cl)nc1. The van der Waals surface area contributed by atoms with E-state index in [1.165, 1.54) is 13.3 Å². The van der Waals surface area contributed by atoms with Crippen LogP contribution in [0, 0.1) is 0 Å². The summed E-state index contributed by atoms with van der Waals surface area (Å²) in [6.07, 6.45) is 3.51. The molecule has 0 spiro atoms. The number of benzene rings is 1. The van der Waals surface area contributed by atoms with Crippen LogP contribution in [0.15, 0.2) is 36.5 Å². The van der Waals surface area contributed by atoms with Gasteiger partial charge >= 0.3 is 5.97 Å². The van der Waals surface area contributed by atoms with E-state index in [9.17, 15) is 9.59 Å². The Bertz CT molecular complexity index is 778. The maximum absolute atomic E-state index is 12.3. The van der Waals surface area contributed by atoms with E-state index in [0.717, 1.165) is 12.8 Å². The number of methoxy groups -OCH3 is 1. The van der Waals surface area contributed by atoms with Gasteiger partial charge in [-0.1, -0.05) is 24.9 Å². The third-order valence-corrected chi connectivity index (χ3v) is 4.18. The Morgan fingerprint density at radius 2 is 1.96 bits per heavy atom. The minimum Gasteiger partial charge on any atom is -0.465 e. The fourth-order valence-electron chi connectivity index (χ4n) is 2.32. The van der Waals surface area contributed by atoms with Crippen LogP contribution in [0.2, 0.25) is 5.02 Å². The molecule has 0 atom stereocenters. The molecule has 0 bridgehead atoms. The molecule has 0 radical (unpaired) electrons. The molecule has 1 N–H and O–H groups in total. The highest BCUT2D eigenvalue weighted by molar-refractivity contribution is 6.33. The number of halogens is 1. The lowest BCUT2D eigenvalue weighted by Gasteiger charge is -2.16. The van der Waals surface area contributed by atoms with Crippen molar-refractivity contribution in [1.82, 2.24) is 9.88 Å². The fraction of sp³-hybridized carbons (Fsp3) is 0.316. The second-order valence-electron chi connectivity index (χ2n) is 5.82. The summed E-state index contributed by atoms with van der Waals surface area (Å²) < 4.78 is 4.71. The predicted molar refractivity (Wildman–Crippen MR) is 102 cm³/mol. The maximum atomic E-state index is 12.3. The van der Waals surface area contributed by atoms with Crippen molar-refractivity contribution in [2.45, 2.75) is 19.8 Å². The molecule has 1 aromatic carbocycles.